The Balaban J connectivity index is 2.17. The summed E-state index contributed by atoms with van der Waals surface area (Å²) in [6, 6.07) is 0. The number of methoxy groups -OCH3 is 1. The van der Waals surface area contributed by atoms with Gasteiger partial charge in [-0.15, -0.1) is 0 Å². The summed E-state index contributed by atoms with van der Waals surface area (Å²) in [6.07, 6.45) is 4.98. The van der Waals surface area contributed by atoms with Gasteiger partial charge in [-0.25, -0.2) is 4.98 Å². The van der Waals surface area contributed by atoms with Gasteiger partial charge in [0.25, 0.3) is 0 Å². The van der Waals surface area contributed by atoms with Crippen LogP contribution >= 0.6 is 0 Å². The summed E-state index contributed by atoms with van der Waals surface area (Å²) in [5, 5.41) is 7.30. The molecule has 2 rings (SSSR count). The van der Waals surface area contributed by atoms with Crippen LogP contribution in [-0.4, -0.2) is 28.8 Å². The van der Waals surface area contributed by atoms with Gasteiger partial charge in [-0.2, -0.15) is 5.10 Å². The Kier molecular flexibility index (Phi) is 3.73. The van der Waals surface area contributed by atoms with Gasteiger partial charge < -0.3 is 10.5 Å². The first-order valence-corrected chi connectivity index (χ1v) is 6.68. The SMILES string of the molecule is COC1(c2n[nH]c(CCN)n2)CCC(C)(C)CC1. The standard InChI is InChI=1S/C13H24N4O/c1-12(2)5-7-13(18-3,8-6-12)11-15-10(4-9-14)16-17-11/h4-9,14H2,1-3H3,(H,15,16,17). The number of aromatic amines is 1. The summed E-state index contributed by atoms with van der Waals surface area (Å²) in [6.45, 7) is 5.20. The van der Waals surface area contributed by atoms with Crippen molar-refractivity contribution in [1.82, 2.24) is 15.2 Å². The fourth-order valence-electron chi connectivity index (χ4n) is 2.60. The molecule has 5 nitrogen and oxygen atoms in total. The smallest absolute Gasteiger partial charge is 0.182 e. The Labute approximate surface area is 109 Å². The molecule has 0 bridgehead atoms. The van der Waals surface area contributed by atoms with Gasteiger partial charge in [0.2, 0.25) is 0 Å². The maximum atomic E-state index is 5.77. The highest BCUT2D eigenvalue weighted by atomic mass is 16.5. The number of hydrogen-bond acceptors (Lipinski definition) is 4. The van der Waals surface area contributed by atoms with E-state index in [0.717, 1.165) is 43.8 Å². The molecule has 1 aliphatic rings. The lowest BCUT2D eigenvalue weighted by atomic mass is 9.70. The van der Waals surface area contributed by atoms with Crippen molar-refractivity contribution in [1.29, 1.82) is 0 Å². The zero-order valence-corrected chi connectivity index (χ0v) is 11.6. The Morgan fingerprint density at radius 1 is 1.28 bits per heavy atom. The molecule has 102 valence electrons. The van der Waals surface area contributed by atoms with E-state index in [2.05, 4.69) is 29.0 Å². The average molecular weight is 252 g/mol. The third kappa shape index (κ3) is 2.57. The number of nitrogens with one attached hydrogen (secondary N) is 1. The van der Waals surface area contributed by atoms with E-state index in [0.29, 0.717) is 12.0 Å². The van der Waals surface area contributed by atoms with Gasteiger partial charge in [0.05, 0.1) is 0 Å². The molecular weight excluding hydrogens is 228 g/mol. The Morgan fingerprint density at radius 2 is 1.94 bits per heavy atom. The number of nitrogens with two attached hydrogens (primary N) is 1. The Morgan fingerprint density at radius 3 is 2.50 bits per heavy atom. The van der Waals surface area contributed by atoms with Crippen molar-refractivity contribution in [2.45, 2.75) is 51.6 Å². The third-order valence-corrected chi connectivity index (χ3v) is 4.12. The molecule has 1 saturated carbocycles. The van der Waals surface area contributed by atoms with Gasteiger partial charge in [0, 0.05) is 13.5 Å². The number of hydrogen-bond donors (Lipinski definition) is 2. The number of H-pyrrole nitrogens is 1. The molecule has 0 aromatic carbocycles. The van der Waals surface area contributed by atoms with Crippen LogP contribution < -0.4 is 5.73 Å². The van der Waals surface area contributed by atoms with E-state index < -0.39 is 0 Å². The zero-order chi connectivity index (χ0) is 13.2. The first kappa shape index (κ1) is 13.5. The van der Waals surface area contributed by atoms with E-state index in [1.807, 2.05) is 0 Å². The normalized spacial score (nSPS) is 22.0. The predicted octanol–water partition coefficient (Wildman–Crippen LogP) is 1.75. The summed E-state index contributed by atoms with van der Waals surface area (Å²) < 4.78 is 5.77. The molecule has 1 fully saturated rings. The van der Waals surface area contributed by atoms with Crippen LogP contribution in [0.4, 0.5) is 0 Å². The molecule has 0 spiro atoms. The molecule has 1 aliphatic carbocycles. The van der Waals surface area contributed by atoms with Gasteiger partial charge in [-0.05, 0) is 37.6 Å². The lowest BCUT2D eigenvalue weighted by Crippen LogP contribution is -2.37. The highest BCUT2D eigenvalue weighted by Gasteiger charge is 2.42. The van der Waals surface area contributed by atoms with Crippen LogP contribution in [0.15, 0.2) is 0 Å². The van der Waals surface area contributed by atoms with Crippen molar-refractivity contribution in [3.8, 4) is 0 Å². The molecule has 0 unspecified atom stereocenters. The number of nitrogens with zero attached hydrogens (tertiary/aromatic N) is 2. The minimum atomic E-state index is -0.307. The Hall–Kier alpha value is -0.940. The molecule has 0 aliphatic heterocycles. The van der Waals surface area contributed by atoms with Crippen LogP contribution in [0, 0.1) is 5.41 Å². The van der Waals surface area contributed by atoms with E-state index in [1.165, 1.54) is 0 Å². The van der Waals surface area contributed by atoms with Crippen molar-refractivity contribution < 1.29 is 4.74 Å². The van der Waals surface area contributed by atoms with Crippen LogP contribution in [0.5, 0.6) is 0 Å². The summed E-state index contributed by atoms with van der Waals surface area (Å²) >= 11 is 0. The van der Waals surface area contributed by atoms with Gasteiger partial charge in [0.15, 0.2) is 5.82 Å². The monoisotopic (exact) mass is 252 g/mol. The van der Waals surface area contributed by atoms with E-state index in [1.54, 1.807) is 7.11 Å². The van der Waals surface area contributed by atoms with Crippen LogP contribution in [0.1, 0.15) is 51.2 Å². The zero-order valence-electron chi connectivity index (χ0n) is 11.6. The lowest BCUT2D eigenvalue weighted by molar-refractivity contribution is -0.0727. The minimum Gasteiger partial charge on any atom is -0.370 e. The van der Waals surface area contributed by atoms with E-state index in [-0.39, 0.29) is 5.60 Å². The van der Waals surface area contributed by atoms with Crippen molar-refractivity contribution in [3.63, 3.8) is 0 Å². The van der Waals surface area contributed by atoms with Crippen molar-refractivity contribution in [2.75, 3.05) is 13.7 Å². The highest BCUT2D eigenvalue weighted by Crippen LogP contribution is 2.45. The first-order valence-electron chi connectivity index (χ1n) is 6.68. The third-order valence-electron chi connectivity index (χ3n) is 4.12. The fourth-order valence-corrected chi connectivity index (χ4v) is 2.60. The molecule has 5 heteroatoms. The molecule has 1 aromatic heterocycles. The summed E-state index contributed by atoms with van der Waals surface area (Å²) in [4.78, 5) is 4.54. The van der Waals surface area contributed by atoms with Crippen LogP contribution in [-0.2, 0) is 16.8 Å². The molecule has 1 aromatic rings. The molecule has 1 heterocycles. The summed E-state index contributed by atoms with van der Waals surface area (Å²) in [5.74, 6) is 1.65. The molecule has 18 heavy (non-hydrogen) atoms. The lowest BCUT2D eigenvalue weighted by Gasteiger charge is -2.40. The number of ether oxygens (including phenoxy) is 1. The quantitative estimate of drug-likeness (QED) is 0.856. The van der Waals surface area contributed by atoms with E-state index >= 15 is 0 Å². The van der Waals surface area contributed by atoms with Crippen LogP contribution in [0.2, 0.25) is 0 Å². The van der Waals surface area contributed by atoms with E-state index in [4.69, 9.17) is 10.5 Å². The van der Waals surface area contributed by atoms with Crippen molar-refractivity contribution >= 4 is 0 Å². The largest absolute Gasteiger partial charge is 0.370 e. The second-order valence-corrected chi connectivity index (χ2v) is 6.01. The van der Waals surface area contributed by atoms with Crippen LogP contribution in [0.25, 0.3) is 0 Å². The number of rotatable bonds is 4. The first-order chi connectivity index (χ1) is 8.51. The van der Waals surface area contributed by atoms with Crippen LogP contribution in [0.3, 0.4) is 0 Å². The van der Waals surface area contributed by atoms with Gasteiger partial charge >= 0.3 is 0 Å². The second-order valence-electron chi connectivity index (χ2n) is 6.01. The molecule has 0 amide bonds. The number of aromatic nitrogens is 3. The molecule has 0 radical (unpaired) electrons. The average Bonchev–Trinajstić information content (AvgIpc) is 2.80. The van der Waals surface area contributed by atoms with Crippen molar-refractivity contribution in [3.05, 3.63) is 11.6 Å². The van der Waals surface area contributed by atoms with Gasteiger partial charge in [0.1, 0.15) is 11.4 Å². The maximum Gasteiger partial charge on any atom is 0.182 e. The van der Waals surface area contributed by atoms with Gasteiger partial charge in [-0.1, -0.05) is 13.8 Å². The molecular formula is C13H24N4O. The highest BCUT2D eigenvalue weighted by molar-refractivity contribution is 5.06. The maximum absolute atomic E-state index is 5.77. The van der Waals surface area contributed by atoms with Gasteiger partial charge in [-0.3, -0.25) is 5.10 Å². The van der Waals surface area contributed by atoms with Crippen molar-refractivity contribution in [2.24, 2.45) is 11.1 Å². The summed E-state index contributed by atoms with van der Waals surface area (Å²) in [5.41, 5.74) is 5.62. The second kappa shape index (κ2) is 4.97. The minimum absolute atomic E-state index is 0.307. The summed E-state index contributed by atoms with van der Waals surface area (Å²) in [7, 11) is 1.76. The molecule has 0 atom stereocenters. The molecule has 3 N–H and O–H groups in total. The Bertz CT molecular complexity index is 389. The fraction of sp³-hybridized carbons (Fsp3) is 0.846. The molecule has 0 saturated heterocycles. The predicted molar refractivity (Wildman–Crippen MR) is 70.1 cm³/mol. The topological polar surface area (TPSA) is 76.8 Å². The van der Waals surface area contributed by atoms with E-state index in [9.17, 15) is 0 Å².